The van der Waals surface area contributed by atoms with Crippen LogP contribution >= 0.6 is 0 Å². The van der Waals surface area contributed by atoms with Gasteiger partial charge in [-0.3, -0.25) is 15.2 Å². The van der Waals surface area contributed by atoms with Gasteiger partial charge in [-0.05, 0) is 18.2 Å². The van der Waals surface area contributed by atoms with Crippen LogP contribution in [0.25, 0.3) is 10.9 Å². The number of methoxy groups -OCH3 is 1. The van der Waals surface area contributed by atoms with Gasteiger partial charge in [0.15, 0.2) is 0 Å². The number of aromatic nitrogens is 3. The van der Waals surface area contributed by atoms with Crippen LogP contribution in [0.5, 0.6) is 0 Å². The van der Waals surface area contributed by atoms with Gasteiger partial charge in [0, 0.05) is 23.3 Å². The number of nitro groups is 1. The molecule has 1 aromatic carbocycles. The molecule has 0 aliphatic heterocycles. The zero-order valence-corrected chi connectivity index (χ0v) is 11.9. The summed E-state index contributed by atoms with van der Waals surface area (Å²) in [6.07, 6.45) is 2.86. The number of fused-ring (bicyclic) bond motifs is 1. The highest BCUT2D eigenvalue weighted by Gasteiger charge is 2.19. The lowest BCUT2D eigenvalue weighted by Gasteiger charge is -2.07. The quantitative estimate of drug-likeness (QED) is 0.430. The lowest BCUT2D eigenvalue weighted by atomic mass is 10.2. The summed E-state index contributed by atoms with van der Waals surface area (Å²) in [4.78, 5) is 26.0. The summed E-state index contributed by atoms with van der Waals surface area (Å²) in [5, 5.41) is 21.6. The maximum Gasteiger partial charge on any atom is 0.339 e. The van der Waals surface area contributed by atoms with E-state index < -0.39 is 10.9 Å². The van der Waals surface area contributed by atoms with Crippen molar-refractivity contribution in [2.24, 2.45) is 0 Å². The molecule has 0 aliphatic carbocycles. The first-order chi connectivity index (χ1) is 11.1. The number of H-pyrrole nitrogens is 1. The van der Waals surface area contributed by atoms with E-state index in [0.29, 0.717) is 5.69 Å². The molecule has 3 aromatic rings. The van der Waals surface area contributed by atoms with Gasteiger partial charge in [0.25, 0.3) is 0 Å². The van der Waals surface area contributed by atoms with Crippen LogP contribution in [0.1, 0.15) is 10.4 Å². The summed E-state index contributed by atoms with van der Waals surface area (Å²) in [6.45, 7) is 0. The van der Waals surface area contributed by atoms with Crippen molar-refractivity contribution in [3.63, 3.8) is 0 Å². The van der Waals surface area contributed by atoms with E-state index in [2.05, 4.69) is 25.2 Å². The van der Waals surface area contributed by atoms with Crippen molar-refractivity contribution in [3.8, 4) is 0 Å². The van der Waals surface area contributed by atoms with E-state index in [-0.39, 0.29) is 17.1 Å². The summed E-state index contributed by atoms with van der Waals surface area (Å²) in [6, 6.07) is 6.43. The predicted octanol–water partition coefficient (Wildman–Crippen LogP) is 2.40. The summed E-state index contributed by atoms with van der Waals surface area (Å²) in [7, 11) is 1.19. The van der Waals surface area contributed by atoms with Crippen LogP contribution < -0.4 is 5.32 Å². The Kier molecular flexibility index (Phi) is 3.59. The van der Waals surface area contributed by atoms with Gasteiger partial charge < -0.3 is 10.1 Å². The van der Waals surface area contributed by atoms with Crippen LogP contribution in [0.2, 0.25) is 0 Å². The van der Waals surface area contributed by atoms with E-state index in [4.69, 9.17) is 0 Å². The Hall–Kier alpha value is -3.49. The Balaban J connectivity index is 1.97. The maximum atomic E-state index is 11.5. The Labute approximate surface area is 129 Å². The molecule has 3 rings (SSSR count). The first-order valence-electron chi connectivity index (χ1n) is 6.51. The smallest absolute Gasteiger partial charge is 0.339 e. The third kappa shape index (κ3) is 2.79. The maximum absolute atomic E-state index is 11.5. The lowest BCUT2D eigenvalue weighted by molar-refractivity contribution is -0.384. The molecule has 23 heavy (non-hydrogen) atoms. The Morgan fingerprint density at radius 1 is 1.35 bits per heavy atom. The molecule has 2 N–H and O–H groups in total. The average molecular weight is 313 g/mol. The first-order valence-corrected chi connectivity index (χ1v) is 6.51. The van der Waals surface area contributed by atoms with Crippen molar-refractivity contribution in [2.45, 2.75) is 0 Å². The molecule has 2 aromatic heterocycles. The number of pyridine rings is 1. The van der Waals surface area contributed by atoms with Crippen LogP contribution in [0, 0.1) is 10.1 Å². The van der Waals surface area contributed by atoms with Crippen molar-refractivity contribution >= 4 is 34.1 Å². The Morgan fingerprint density at radius 3 is 2.91 bits per heavy atom. The van der Waals surface area contributed by atoms with Gasteiger partial charge in [-0.15, -0.1) is 0 Å². The van der Waals surface area contributed by atoms with E-state index >= 15 is 0 Å². The summed E-state index contributed by atoms with van der Waals surface area (Å²) in [5.41, 5.74) is 1.15. The van der Waals surface area contributed by atoms with E-state index in [0.717, 1.165) is 17.0 Å². The van der Waals surface area contributed by atoms with Gasteiger partial charge in [-0.1, -0.05) is 0 Å². The number of nitrogens with zero attached hydrogens (tertiary/aromatic N) is 3. The number of ether oxygens (including phenoxy) is 1. The topological polar surface area (TPSA) is 123 Å². The Morgan fingerprint density at radius 2 is 2.17 bits per heavy atom. The molecule has 0 radical (unpaired) electrons. The molecule has 0 fully saturated rings. The van der Waals surface area contributed by atoms with Crippen LogP contribution in [0.4, 0.5) is 17.2 Å². The molecule has 9 nitrogen and oxygen atoms in total. The number of hydrogen-bond donors (Lipinski definition) is 2. The number of carbonyl (C=O) groups excluding carboxylic acids is 1. The standard InChI is InChI=1S/C14H11N5O4/c1-23-14(20)9-5-12(19(21)22)13(15-6-9)17-10-2-3-11-8(4-10)7-16-18-11/h2-7H,1H3,(H,15,17)(H,16,18). The lowest BCUT2D eigenvalue weighted by Crippen LogP contribution is -2.06. The SMILES string of the molecule is COC(=O)c1cnc(Nc2ccc3[nH]ncc3c2)c([N+](=O)[O-])c1. The number of carbonyl (C=O) groups is 1. The van der Waals surface area contributed by atoms with Gasteiger partial charge in [0.05, 0.1) is 29.3 Å². The second-order valence-electron chi connectivity index (χ2n) is 4.64. The van der Waals surface area contributed by atoms with Crippen molar-refractivity contribution in [1.29, 1.82) is 0 Å². The molecule has 116 valence electrons. The third-order valence-corrected chi connectivity index (χ3v) is 3.19. The van der Waals surface area contributed by atoms with E-state index in [9.17, 15) is 14.9 Å². The molecule has 0 unspecified atom stereocenters. The highest BCUT2D eigenvalue weighted by Crippen LogP contribution is 2.27. The largest absolute Gasteiger partial charge is 0.465 e. The minimum absolute atomic E-state index is 0.00929. The summed E-state index contributed by atoms with van der Waals surface area (Å²) in [5.74, 6) is -0.655. The van der Waals surface area contributed by atoms with Crippen LogP contribution in [0.3, 0.4) is 0 Å². The van der Waals surface area contributed by atoms with Gasteiger partial charge >= 0.3 is 11.7 Å². The minimum Gasteiger partial charge on any atom is -0.465 e. The zero-order valence-electron chi connectivity index (χ0n) is 11.9. The second-order valence-corrected chi connectivity index (χ2v) is 4.64. The monoisotopic (exact) mass is 313 g/mol. The van der Waals surface area contributed by atoms with E-state index in [1.807, 2.05) is 0 Å². The van der Waals surface area contributed by atoms with Gasteiger partial charge in [-0.2, -0.15) is 5.10 Å². The van der Waals surface area contributed by atoms with Crippen molar-refractivity contribution < 1.29 is 14.5 Å². The van der Waals surface area contributed by atoms with Crippen LogP contribution in [0.15, 0.2) is 36.7 Å². The number of benzene rings is 1. The molecule has 0 spiro atoms. The zero-order chi connectivity index (χ0) is 16.4. The highest BCUT2D eigenvalue weighted by atomic mass is 16.6. The number of esters is 1. The fourth-order valence-corrected chi connectivity index (χ4v) is 2.08. The average Bonchev–Trinajstić information content (AvgIpc) is 3.02. The number of aromatic amines is 1. The van der Waals surface area contributed by atoms with Crippen molar-refractivity contribution in [1.82, 2.24) is 15.2 Å². The summed E-state index contributed by atoms with van der Waals surface area (Å²) >= 11 is 0. The molecule has 0 atom stereocenters. The van der Waals surface area contributed by atoms with E-state index in [1.165, 1.54) is 13.3 Å². The molecule has 0 saturated heterocycles. The predicted molar refractivity (Wildman–Crippen MR) is 81.6 cm³/mol. The van der Waals surface area contributed by atoms with Gasteiger partial charge in [-0.25, -0.2) is 9.78 Å². The molecular formula is C14H11N5O4. The molecular weight excluding hydrogens is 302 g/mol. The number of anilines is 2. The Bertz CT molecular complexity index is 905. The second kappa shape index (κ2) is 5.72. The van der Waals surface area contributed by atoms with Gasteiger partial charge in [0.1, 0.15) is 0 Å². The highest BCUT2D eigenvalue weighted by molar-refractivity contribution is 5.91. The van der Waals surface area contributed by atoms with E-state index in [1.54, 1.807) is 24.4 Å². The molecule has 9 heteroatoms. The molecule has 0 amide bonds. The normalized spacial score (nSPS) is 10.5. The van der Waals surface area contributed by atoms with Crippen molar-refractivity contribution in [3.05, 3.63) is 52.3 Å². The minimum atomic E-state index is -0.688. The number of rotatable bonds is 4. The fraction of sp³-hybridized carbons (Fsp3) is 0.0714. The first kappa shape index (κ1) is 14.4. The fourth-order valence-electron chi connectivity index (χ4n) is 2.08. The molecule has 0 saturated carbocycles. The molecule has 0 aliphatic rings. The van der Waals surface area contributed by atoms with Crippen molar-refractivity contribution in [2.75, 3.05) is 12.4 Å². The molecule has 0 bridgehead atoms. The summed E-state index contributed by atoms with van der Waals surface area (Å²) < 4.78 is 4.54. The molecule has 2 heterocycles. The van der Waals surface area contributed by atoms with Crippen LogP contribution in [-0.4, -0.2) is 33.2 Å². The number of hydrogen-bond acceptors (Lipinski definition) is 7. The van der Waals surface area contributed by atoms with Gasteiger partial charge in [0.2, 0.25) is 5.82 Å². The number of nitrogens with one attached hydrogen (secondary N) is 2. The third-order valence-electron chi connectivity index (χ3n) is 3.19. The van der Waals surface area contributed by atoms with Crippen LogP contribution in [-0.2, 0) is 4.74 Å².